The molecular weight excluding hydrogens is 301 g/mol. The van der Waals surface area contributed by atoms with Gasteiger partial charge in [-0.15, -0.1) is 0 Å². The maximum atomic E-state index is 12.1. The van der Waals surface area contributed by atoms with Crippen LogP contribution in [0.25, 0.3) is 0 Å². The zero-order valence-electron chi connectivity index (χ0n) is 10.3. The number of alkyl halides is 3. The second kappa shape index (κ2) is 6.08. The summed E-state index contributed by atoms with van der Waals surface area (Å²) in [6.07, 6.45) is -5.49. The van der Waals surface area contributed by atoms with E-state index in [1.54, 1.807) is 0 Å². The molecule has 0 fully saturated rings. The van der Waals surface area contributed by atoms with E-state index in [1.807, 2.05) is 0 Å². The van der Waals surface area contributed by atoms with Crippen LogP contribution in [0.5, 0.6) is 0 Å². The maximum Gasteiger partial charge on any atom is 0.390 e. The largest absolute Gasteiger partial charge is 0.390 e. The van der Waals surface area contributed by atoms with Crippen LogP contribution in [-0.2, 0) is 0 Å². The summed E-state index contributed by atoms with van der Waals surface area (Å²) in [4.78, 5) is 22.5. The van der Waals surface area contributed by atoms with Crippen molar-refractivity contribution >= 4 is 23.2 Å². The zero-order valence-corrected chi connectivity index (χ0v) is 11.0. The van der Waals surface area contributed by atoms with Crippen molar-refractivity contribution in [1.82, 2.24) is 4.90 Å². The van der Waals surface area contributed by atoms with Gasteiger partial charge < -0.3 is 4.90 Å². The number of carbonyl (C=O) groups excluding carboxylic acids is 1. The fourth-order valence-corrected chi connectivity index (χ4v) is 1.65. The van der Waals surface area contributed by atoms with Crippen molar-refractivity contribution in [3.8, 4) is 0 Å². The number of benzene rings is 1. The molecule has 1 aromatic rings. The van der Waals surface area contributed by atoms with E-state index in [-0.39, 0.29) is 16.3 Å². The monoisotopic (exact) mass is 310 g/mol. The molecule has 0 aliphatic heterocycles. The quantitative estimate of drug-likeness (QED) is 0.633. The van der Waals surface area contributed by atoms with Crippen molar-refractivity contribution in [2.24, 2.45) is 0 Å². The van der Waals surface area contributed by atoms with Gasteiger partial charge in [-0.2, -0.15) is 13.2 Å². The number of nitro benzene ring substituents is 1. The van der Waals surface area contributed by atoms with E-state index in [0.717, 1.165) is 23.1 Å². The number of nitro groups is 1. The van der Waals surface area contributed by atoms with Crippen LogP contribution < -0.4 is 0 Å². The zero-order chi connectivity index (χ0) is 15.5. The molecule has 0 N–H and O–H groups in total. The fraction of sp³-hybridized carbons (Fsp3) is 0.364. The average Bonchev–Trinajstić information content (AvgIpc) is 2.33. The van der Waals surface area contributed by atoms with E-state index in [4.69, 9.17) is 11.6 Å². The molecule has 9 heteroatoms. The standard InChI is InChI=1S/C11H10ClF3N2O3/c1-16(5-4-11(13,14)15)10(18)7-2-3-9(17(19)20)8(12)6-7/h2-3,6H,4-5H2,1H3. The molecule has 0 radical (unpaired) electrons. The van der Waals surface area contributed by atoms with Crippen LogP contribution in [0.1, 0.15) is 16.8 Å². The molecule has 1 aromatic carbocycles. The molecule has 5 nitrogen and oxygen atoms in total. The number of halogens is 4. The third-order valence-corrected chi connectivity index (χ3v) is 2.77. The Bertz CT molecular complexity index is 534. The second-order valence-corrected chi connectivity index (χ2v) is 4.42. The number of hydrogen-bond acceptors (Lipinski definition) is 3. The molecule has 0 saturated carbocycles. The summed E-state index contributed by atoms with van der Waals surface area (Å²) in [5, 5.41) is 10.3. The first-order chi connectivity index (χ1) is 9.11. The highest BCUT2D eigenvalue weighted by Gasteiger charge is 2.28. The van der Waals surface area contributed by atoms with Gasteiger partial charge in [-0.3, -0.25) is 14.9 Å². The Kier molecular flexibility index (Phi) is 4.93. The van der Waals surface area contributed by atoms with Crippen LogP contribution in [0.2, 0.25) is 5.02 Å². The van der Waals surface area contributed by atoms with Gasteiger partial charge in [0.2, 0.25) is 0 Å². The lowest BCUT2D eigenvalue weighted by Crippen LogP contribution is -2.30. The number of rotatable bonds is 4. The Morgan fingerprint density at radius 3 is 2.50 bits per heavy atom. The highest BCUT2D eigenvalue weighted by molar-refractivity contribution is 6.33. The third kappa shape index (κ3) is 4.37. The number of hydrogen-bond donors (Lipinski definition) is 0. The van der Waals surface area contributed by atoms with Gasteiger partial charge in [0.05, 0.1) is 11.3 Å². The van der Waals surface area contributed by atoms with Crippen LogP contribution in [0.3, 0.4) is 0 Å². The summed E-state index contributed by atoms with van der Waals surface area (Å²) in [6, 6.07) is 3.25. The fourth-order valence-electron chi connectivity index (χ4n) is 1.40. The van der Waals surface area contributed by atoms with Crippen LogP contribution >= 0.6 is 11.6 Å². The molecule has 0 heterocycles. The predicted octanol–water partition coefficient (Wildman–Crippen LogP) is 3.27. The Hall–Kier alpha value is -1.83. The summed E-state index contributed by atoms with van der Waals surface area (Å²) < 4.78 is 36.2. The molecule has 0 atom stereocenters. The summed E-state index contributed by atoms with van der Waals surface area (Å²) in [7, 11) is 1.21. The molecule has 0 aromatic heterocycles. The van der Waals surface area contributed by atoms with Gasteiger partial charge in [-0.1, -0.05) is 11.6 Å². The van der Waals surface area contributed by atoms with E-state index in [1.165, 1.54) is 7.05 Å². The molecule has 1 rings (SSSR count). The van der Waals surface area contributed by atoms with Gasteiger partial charge >= 0.3 is 6.18 Å². The highest BCUT2D eigenvalue weighted by atomic mass is 35.5. The summed E-state index contributed by atoms with van der Waals surface area (Å²) >= 11 is 5.63. The maximum absolute atomic E-state index is 12.1. The minimum atomic E-state index is -4.36. The molecule has 0 spiro atoms. The first-order valence-electron chi connectivity index (χ1n) is 5.38. The third-order valence-electron chi connectivity index (χ3n) is 2.47. The van der Waals surface area contributed by atoms with Gasteiger partial charge in [0, 0.05) is 25.2 Å². The van der Waals surface area contributed by atoms with Crippen molar-refractivity contribution in [3.63, 3.8) is 0 Å². The van der Waals surface area contributed by atoms with Gasteiger partial charge in [-0.25, -0.2) is 0 Å². The van der Waals surface area contributed by atoms with E-state index in [2.05, 4.69) is 0 Å². The molecule has 0 bridgehead atoms. The normalized spacial score (nSPS) is 11.2. The van der Waals surface area contributed by atoms with Crippen molar-refractivity contribution in [1.29, 1.82) is 0 Å². The first-order valence-corrected chi connectivity index (χ1v) is 5.76. The Balaban J connectivity index is 2.82. The van der Waals surface area contributed by atoms with Crippen molar-refractivity contribution in [3.05, 3.63) is 38.9 Å². The molecule has 0 unspecified atom stereocenters. The minimum absolute atomic E-state index is 0.00901. The lowest BCUT2D eigenvalue weighted by atomic mass is 10.2. The summed E-state index contributed by atoms with van der Waals surface area (Å²) in [6.45, 7) is -0.503. The minimum Gasteiger partial charge on any atom is -0.341 e. The molecule has 20 heavy (non-hydrogen) atoms. The van der Waals surface area contributed by atoms with Gasteiger partial charge in [0.1, 0.15) is 5.02 Å². The van der Waals surface area contributed by atoms with Crippen molar-refractivity contribution in [2.75, 3.05) is 13.6 Å². The van der Waals surface area contributed by atoms with Crippen LogP contribution in [0.15, 0.2) is 18.2 Å². The molecule has 0 aliphatic carbocycles. The SMILES string of the molecule is CN(CCC(F)(F)F)C(=O)c1ccc([N+](=O)[O-])c(Cl)c1. The molecule has 110 valence electrons. The Morgan fingerprint density at radius 2 is 2.05 bits per heavy atom. The average molecular weight is 311 g/mol. The number of amides is 1. The van der Waals surface area contributed by atoms with Crippen LogP contribution in [-0.4, -0.2) is 35.5 Å². The van der Waals surface area contributed by atoms with E-state index in [0.29, 0.717) is 0 Å². The van der Waals surface area contributed by atoms with Gasteiger partial charge in [0.25, 0.3) is 11.6 Å². The van der Waals surface area contributed by atoms with Crippen LogP contribution in [0.4, 0.5) is 18.9 Å². The first kappa shape index (κ1) is 16.2. The molecule has 0 saturated heterocycles. The van der Waals surface area contributed by atoms with E-state index >= 15 is 0 Å². The number of nitrogens with zero attached hydrogens (tertiary/aromatic N) is 2. The topological polar surface area (TPSA) is 63.5 Å². The number of carbonyl (C=O) groups is 1. The van der Waals surface area contributed by atoms with Crippen LogP contribution in [0, 0.1) is 10.1 Å². The van der Waals surface area contributed by atoms with Crippen molar-refractivity contribution in [2.45, 2.75) is 12.6 Å². The molecule has 1 amide bonds. The lowest BCUT2D eigenvalue weighted by molar-refractivity contribution is -0.384. The van der Waals surface area contributed by atoms with Gasteiger partial charge in [0.15, 0.2) is 0 Å². The summed E-state index contributed by atoms with van der Waals surface area (Å²) in [5.41, 5.74) is -0.383. The molecular formula is C11H10ClF3N2O3. The Morgan fingerprint density at radius 1 is 1.45 bits per heavy atom. The summed E-state index contributed by atoms with van der Waals surface area (Å²) in [5.74, 6) is -0.689. The Labute approximate surface area is 117 Å². The van der Waals surface area contributed by atoms with E-state index in [9.17, 15) is 28.1 Å². The van der Waals surface area contributed by atoms with Crippen molar-refractivity contribution < 1.29 is 22.9 Å². The molecule has 0 aliphatic rings. The van der Waals surface area contributed by atoms with E-state index < -0.39 is 30.0 Å². The smallest absolute Gasteiger partial charge is 0.341 e. The second-order valence-electron chi connectivity index (χ2n) is 4.02. The predicted molar refractivity (Wildman–Crippen MR) is 65.7 cm³/mol. The van der Waals surface area contributed by atoms with Gasteiger partial charge in [-0.05, 0) is 12.1 Å². The highest BCUT2D eigenvalue weighted by Crippen LogP contribution is 2.26. The lowest BCUT2D eigenvalue weighted by Gasteiger charge is -2.18.